The highest BCUT2D eigenvalue weighted by Gasteiger charge is 1.76. The number of nitrogens with two attached hydrogens (primary N) is 1. The van der Waals surface area contributed by atoms with Crippen molar-refractivity contribution in [1.29, 1.82) is 0 Å². The minimum Gasteiger partial charge on any atom is -0.788 e. The van der Waals surface area contributed by atoms with Crippen molar-refractivity contribution in [2.24, 2.45) is 5.90 Å². The number of hydrogen-bond acceptors (Lipinski definition) is 5. The fraction of sp³-hybridized carbons (Fsp3) is 0. The van der Waals surface area contributed by atoms with Crippen molar-refractivity contribution in [3.05, 3.63) is 0 Å². The third kappa shape index (κ3) is 16.7. The summed E-state index contributed by atoms with van der Waals surface area (Å²) in [6.45, 7) is 0. The van der Waals surface area contributed by atoms with Gasteiger partial charge in [-0.05, 0) is 0 Å². The maximum absolute atomic E-state index is 9.12. The van der Waals surface area contributed by atoms with Gasteiger partial charge in [-0.3, -0.25) is 4.62 Å². The lowest BCUT2D eigenvalue weighted by atomic mass is 13.6. The molecule has 0 aromatic rings. The molecule has 8 heteroatoms. The molecule has 54 valence electrons. The van der Waals surface area contributed by atoms with Gasteiger partial charge in [0.2, 0.25) is 0 Å². The molecule has 0 saturated carbocycles. The standard InChI is InChI=1S/H4NO4P.2H3N/c1-5-6(2,3)4;;/h1H2,(H2,2,3,4);2*1H3. The Bertz CT molecular complexity index is 75.4. The molecule has 0 saturated heterocycles. The summed E-state index contributed by atoms with van der Waals surface area (Å²) in [5.74, 6) is 3.92. The molecule has 0 amide bonds. The molecule has 0 aliphatic rings. The van der Waals surface area contributed by atoms with Crippen LogP contribution in [-0.4, -0.2) is 0 Å². The molecule has 0 radical (unpaired) electrons. The van der Waals surface area contributed by atoms with E-state index in [-0.39, 0.29) is 12.3 Å². The monoisotopic (exact) mass is 147 g/mol. The first kappa shape index (κ1) is 15.7. The number of rotatable bonds is 1. The minimum atomic E-state index is -4.87. The van der Waals surface area contributed by atoms with Crippen molar-refractivity contribution in [2.75, 3.05) is 0 Å². The van der Waals surface area contributed by atoms with Gasteiger partial charge in [0.1, 0.15) is 0 Å². The van der Waals surface area contributed by atoms with Gasteiger partial charge in [-0.1, -0.05) is 0 Å². The van der Waals surface area contributed by atoms with E-state index in [2.05, 4.69) is 10.5 Å². The van der Waals surface area contributed by atoms with Gasteiger partial charge in [0, 0.05) is 0 Å². The maximum Gasteiger partial charge on any atom is 0.0839 e. The SMILES string of the molecule is NOP(=O)([O-])[O-].[NH4+].[NH4+]. The van der Waals surface area contributed by atoms with Crippen molar-refractivity contribution < 1.29 is 19.0 Å². The third-order valence-electron chi connectivity index (χ3n) is 0.129. The zero-order valence-corrected chi connectivity index (χ0v) is 5.55. The van der Waals surface area contributed by atoms with Crippen LogP contribution in [0.2, 0.25) is 0 Å². The quantitative estimate of drug-likeness (QED) is 0.300. The number of phosphoric acid groups is 1. The molecule has 0 aliphatic carbocycles. The van der Waals surface area contributed by atoms with Crippen LogP contribution >= 0.6 is 7.82 Å². The second-order valence-electron chi connectivity index (χ2n) is 0.553. The van der Waals surface area contributed by atoms with E-state index < -0.39 is 7.82 Å². The molecule has 0 aromatic heterocycles. The zero-order chi connectivity index (χ0) is 5.21. The molecular weight excluding hydrogens is 137 g/mol. The van der Waals surface area contributed by atoms with Crippen LogP contribution in [0, 0.1) is 0 Å². The van der Waals surface area contributed by atoms with Crippen LogP contribution in [0.1, 0.15) is 0 Å². The second kappa shape index (κ2) is 5.13. The van der Waals surface area contributed by atoms with E-state index in [0.717, 1.165) is 0 Å². The van der Waals surface area contributed by atoms with E-state index in [1.165, 1.54) is 0 Å². The highest BCUT2D eigenvalue weighted by atomic mass is 31.2. The number of hydrogen-bond donors (Lipinski definition) is 3. The lowest BCUT2D eigenvalue weighted by Gasteiger charge is -2.24. The van der Waals surface area contributed by atoms with E-state index in [9.17, 15) is 0 Å². The van der Waals surface area contributed by atoms with Gasteiger partial charge in [-0.2, -0.15) is 0 Å². The summed E-state index contributed by atoms with van der Waals surface area (Å²) in [4.78, 5) is 18.2. The van der Waals surface area contributed by atoms with Crippen LogP contribution in [-0.2, 0) is 9.19 Å². The van der Waals surface area contributed by atoms with E-state index in [0.29, 0.717) is 0 Å². The molecule has 0 fully saturated rings. The lowest BCUT2D eigenvalue weighted by molar-refractivity contribution is -0.342. The first-order valence-corrected chi connectivity index (χ1v) is 2.43. The molecular formula is H10N3O4P. The Morgan fingerprint density at radius 1 is 1.38 bits per heavy atom. The van der Waals surface area contributed by atoms with Crippen LogP contribution in [0.4, 0.5) is 0 Å². The Morgan fingerprint density at radius 3 is 1.50 bits per heavy atom. The van der Waals surface area contributed by atoms with Crippen LogP contribution in [0.25, 0.3) is 0 Å². The summed E-state index contributed by atoms with van der Waals surface area (Å²) in [7, 11) is -4.87. The largest absolute Gasteiger partial charge is 0.788 e. The lowest BCUT2D eigenvalue weighted by Crippen LogP contribution is -2.18. The maximum atomic E-state index is 9.12. The first-order chi connectivity index (χ1) is 2.56. The predicted molar refractivity (Wildman–Crippen MR) is 24.8 cm³/mol. The first-order valence-electron chi connectivity index (χ1n) is 0.966. The van der Waals surface area contributed by atoms with Crippen LogP contribution < -0.4 is 28.0 Å². The predicted octanol–water partition coefficient (Wildman–Crippen LogP) is -1.54. The normalized spacial score (nSPS) is 8.88. The van der Waals surface area contributed by atoms with Crippen molar-refractivity contribution >= 4 is 7.82 Å². The number of quaternary nitrogens is 2. The zero-order valence-electron chi connectivity index (χ0n) is 4.66. The summed E-state index contributed by atoms with van der Waals surface area (Å²) in [5.41, 5.74) is 0. The molecule has 8 heavy (non-hydrogen) atoms. The van der Waals surface area contributed by atoms with E-state index >= 15 is 0 Å². The molecule has 0 rings (SSSR count). The molecule has 10 N–H and O–H groups in total. The van der Waals surface area contributed by atoms with Crippen molar-refractivity contribution in [3.8, 4) is 0 Å². The summed E-state index contributed by atoms with van der Waals surface area (Å²) in [6, 6.07) is 0. The van der Waals surface area contributed by atoms with E-state index in [4.69, 9.17) is 14.4 Å². The summed E-state index contributed by atoms with van der Waals surface area (Å²) < 4.78 is 12.0. The molecule has 0 heterocycles. The molecule has 0 aromatic carbocycles. The second-order valence-corrected chi connectivity index (χ2v) is 1.66. The van der Waals surface area contributed by atoms with Crippen molar-refractivity contribution in [3.63, 3.8) is 0 Å². The van der Waals surface area contributed by atoms with Gasteiger partial charge in [0.15, 0.2) is 0 Å². The molecule has 0 aliphatic heterocycles. The fourth-order valence-electron chi connectivity index (χ4n) is 0. The Morgan fingerprint density at radius 2 is 1.50 bits per heavy atom. The van der Waals surface area contributed by atoms with Gasteiger partial charge >= 0.3 is 0 Å². The average molecular weight is 147 g/mol. The Hall–Kier alpha value is -0.0100. The molecule has 0 bridgehead atoms. The van der Waals surface area contributed by atoms with Crippen LogP contribution in [0.3, 0.4) is 0 Å². The van der Waals surface area contributed by atoms with E-state index in [1.807, 2.05) is 0 Å². The highest BCUT2D eigenvalue weighted by molar-refractivity contribution is 7.43. The smallest absolute Gasteiger partial charge is 0.0839 e. The third-order valence-corrected chi connectivity index (χ3v) is 0.387. The van der Waals surface area contributed by atoms with Crippen molar-refractivity contribution in [2.45, 2.75) is 0 Å². The Labute approximate surface area is 46.2 Å². The molecule has 0 unspecified atom stereocenters. The Kier molecular flexibility index (Phi) is 10.1. The molecule has 0 atom stereocenters. The van der Waals surface area contributed by atoms with Crippen LogP contribution in [0.15, 0.2) is 0 Å². The van der Waals surface area contributed by atoms with Gasteiger partial charge in [-0.25, -0.2) is 5.90 Å². The van der Waals surface area contributed by atoms with Gasteiger partial charge < -0.3 is 26.7 Å². The van der Waals surface area contributed by atoms with Crippen molar-refractivity contribution in [1.82, 2.24) is 12.3 Å². The highest BCUT2D eigenvalue weighted by Crippen LogP contribution is 2.19. The Balaban J connectivity index is -0.000000125. The topological polar surface area (TPSA) is 171 Å². The van der Waals surface area contributed by atoms with Gasteiger partial charge in [0.25, 0.3) is 0 Å². The molecule has 7 nitrogen and oxygen atoms in total. The molecule has 0 spiro atoms. The van der Waals surface area contributed by atoms with Gasteiger partial charge in [-0.15, -0.1) is 0 Å². The average Bonchev–Trinajstić information content (AvgIpc) is 1.35. The van der Waals surface area contributed by atoms with E-state index in [1.54, 1.807) is 0 Å². The summed E-state index contributed by atoms with van der Waals surface area (Å²) >= 11 is 0. The summed E-state index contributed by atoms with van der Waals surface area (Å²) in [6.07, 6.45) is 0. The summed E-state index contributed by atoms with van der Waals surface area (Å²) in [5, 5.41) is 0. The van der Waals surface area contributed by atoms with Crippen LogP contribution in [0.5, 0.6) is 0 Å². The fourth-order valence-corrected chi connectivity index (χ4v) is 0. The minimum absolute atomic E-state index is 0. The van der Waals surface area contributed by atoms with Gasteiger partial charge in [0.05, 0.1) is 7.82 Å².